The first-order valence-corrected chi connectivity index (χ1v) is 13.1. The van der Waals surface area contributed by atoms with Crippen LogP contribution in [0.3, 0.4) is 0 Å². The third-order valence-corrected chi connectivity index (χ3v) is 7.99. The largest absolute Gasteiger partial charge is 0.497 e. The number of nitrogens with one attached hydrogen (secondary N) is 1. The van der Waals surface area contributed by atoms with E-state index in [9.17, 15) is 9.59 Å². The Kier molecular flexibility index (Phi) is 8.69. The lowest BCUT2D eigenvalue weighted by Crippen LogP contribution is -2.67. The van der Waals surface area contributed by atoms with Gasteiger partial charge in [0.05, 0.1) is 12.7 Å². The number of carbonyl (C=O) groups excluding carboxylic acids is 2. The van der Waals surface area contributed by atoms with Gasteiger partial charge in [0.1, 0.15) is 11.5 Å². The number of carbonyl (C=O) groups is 2. The van der Waals surface area contributed by atoms with E-state index in [1.165, 1.54) is 6.92 Å². The number of esters is 1. The average Bonchev–Trinajstić information content (AvgIpc) is 2.92. The molecule has 0 radical (unpaired) electrons. The number of rotatable bonds is 9. The lowest BCUT2D eigenvalue weighted by atomic mass is 9.55. The molecule has 1 amide bonds. The first-order chi connectivity index (χ1) is 18.3. The minimum absolute atomic E-state index is 0.0240. The van der Waals surface area contributed by atoms with Crippen LogP contribution in [-0.2, 0) is 19.7 Å². The summed E-state index contributed by atoms with van der Waals surface area (Å²) in [6.45, 7) is 7.77. The van der Waals surface area contributed by atoms with Crippen LogP contribution in [0.1, 0.15) is 43.7 Å². The van der Waals surface area contributed by atoms with Crippen LogP contribution in [0.5, 0.6) is 11.5 Å². The van der Waals surface area contributed by atoms with Gasteiger partial charge in [-0.1, -0.05) is 30.3 Å². The Morgan fingerprint density at radius 3 is 2.66 bits per heavy atom. The summed E-state index contributed by atoms with van der Waals surface area (Å²) >= 11 is 0. The van der Waals surface area contributed by atoms with E-state index in [0.717, 1.165) is 62.2 Å². The molecule has 0 spiro atoms. The van der Waals surface area contributed by atoms with Crippen LogP contribution >= 0.6 is 0 Å². The molecule has 38 heavy (non-hydrogen) atoms. The van der Waals surface area contributed by atoms with Gasteiger partial charge in [0.2, 0.25) is 5.91 Å². The lowest BCUT2D eigenvalue weighted by Gasteiger charge is -2.59. The van der Waals surface area contributed by atoms with Gasteiger partial charge in [0, 0.05) is 44.7 Å². The van der Waals surface area contributed by atoms with Crippen molar-refractivity contribution in [2.24, 2.45) is 0 Å². The molecule has 202 valence electrons. The van der Waals surface area contributed by atoms with E-state index in [0.29, 0.717) is 5.75 Å². The second-order valence-corrected chi connectivity index (χ2v) is 10.2. The highest BCUT2D eigenvalue weighted by Crippen LogP contribution is 2.53. The Morgan fingerprint density at radius 1 is 1.13 bits per heavy atom. The standard InChI is InChI=1S/C31H38N2O5/c1-5-17-33-18-16-30(25-9-7-11-28(20-25)38-23(2)34)21-26(14-15-31(30,22-33)37-4)32-29(35)13-12-24-8-6-10-27(19-24)36-3/h5-13,19-20,26H,1,14-18,21-22H2,2-4H3,(H,32,35). The van der Waals surface area contributed by atoms with Crippen molar-refractivity contribution < 1.29 is 23.8 Å². The summed E-state index contributed by atoms with van der Waals surface area (Å²) in [7, 11) is 3.41. The number of likely N-dealkylation sites (tertiary alicyclic amines) is 1. The molecular formula is C31H38N2O5. The number of ether oxygens (including phenoxy) is 3. The summed E-state index contributed by atoms with van der Waals surface area (Å²) in [4.78, 5) is 27.0. The minimum atomic E-state index is -0.444. The van der Waals surface area contributed by atoms with Gasteiger partial charge >= 0.3 is 5.97 Å². The molecule has 2 aromatic rings. The number of hydrogen-bond donors (Lipinski definition) is 1. The molecule has 2 fully saturated rings. The van der Waals surface area contributed by atoms with Crippen LogP contribution in [0, 0.1) is 0 Å². The van der Waals surface area contributed by atoms with Crippen LogP contribution in [0.25, 0.3) is 6.08 Å². The zero-order valence-corrected chi connectivity index (χ0v) is 22.6. The monoisotopic (exact) mass is 518 g/mol. The molecule has 1 aliphatic carbocycles. The van der Waals surface area contributed by atoms with Gasteiger partial charge in [-0.05, 0) is 73.7 Å². The predicted molar refractivity (Wildman–Crippen MR) is 148 cm³/mol. The Bertz CT molecular complexity index is 1190. The summed E-state index contributed by atoms with van der Waals surface area (Å²) in [6, 6.07) is 15.4. The molecule has 7 heteroatoms. The van der Waals surface area contributed by atoms with Crippen molar-refractivity contribution in [3.63, 3.8) is 0 Å². The van der Waals surface area contributed by atoms with Crippen molar-refractivity contribution in [2.75, 3.05) is 33.9 Å². The fourth-order valence-corrected chi connectivity index (χ4v) is 6.24. The molecule has 2 aromatic carbocycles. The molecule has 0 aromatic heterocycles. The summed E-state index contributed by atoms with van der Waals surface area (Å²) in [5.41, 5.74) is 1.17. The molecular weight excluding hydrogens is 480 g/mol. The molecule has 1 saturated carbocycles. The Morgan fingerprint density at radius 2 is 1.92 bits per heavy atom. The van der Waals surface area contributed by atoms with Gasteiger partial charge in [-0.2, -0.15) is 0 Å². The number of fused-ring (bicyclic) bond motifs is 1. The molecule has 0 bridgehead atoms. The molecule has 3 atom stereocenters. The summed E-state index contributed by atoms with van der Waals surface area (Å²) in [5, 5.41) is 3.24. The maximum absolute atomic E-state index is 13.0. The number of nitrogens with zero attached hydrogens (tertiary/aromatic N) is 1. The van der Waals surface area contributed by atoms with Crippen LogP contribution in [-0.4, -0.2) is 62.3 Å². The van der Waals surface area contributed by atoms with Gasteiger partial charge in [0.15, 0.2) is 0 Å². The Hall–Kier alpha value is -3.42. The van der Waals surface area contributed by atoms with Crippen LogP contribution in [0.15, 0.2) is 67.3 Å². The molecule has 1 aliphatic heterocycles. The highest BCUT2D eigenvalue weighted by Gasteiger charge is 2.58. The highest BCUT2D eigenvalue weighted by molar-refractivity contribution is 5.92. The zero-order valence-electron chi connectivity index (χ0n) is 22.6. The van der Waals surface area contributed by atoms with Gasteiger partial charge in [-0.3, -0.25) is 14.5 Å². The Labute approximate surface area is 225 Å². The van der Waals surface area contributed by atoms with E-state index < -0.39 is 5.60 Å². The second-order valence-electron chi connectivity index (χ2n) is 10.2. The highest BCUT2D eigenvalue weighted by atomic mass is 16.5. The molecule has 7 nitrogen and oxygen atoms in total. The zero-order chi connectivity index (χ0) is 27.2. The first kappa shape index (κ1) is 27.6. The molecule has 1 saturated heterocycles. The number of benzene rings is 2. The number of methoxy groups -OCH3 is 2. The van der Waals surface area contributed by atoms with E-state index >= 15 is 0 Å². The van der Waals surface area contributed by atoms with E-state index in [1.54, 1.807) is 32.4 Å². The lowest BCUT2D eigenvalue weighted by molar-refractivity contribution is -0.149. The van der Waals surface area contributed by atoms with Crippen molar-refractivity contribution >= 4 is 18.0 Å². The quantitative estimate of drug-likeness (QED) is 0.228. The van der Waals surface area contributed by atoms with E-state index in [1.807, 2.05) is 42.5 Å². The summed E-state index contributed by atoms with van der Waals surface area (Å²) in [5.74, 6) is 0.789. The smallest absolute Gasteiger partial charge is 0.308 e. The minimum Gasteiger partial charge on any atom is -0.497 e. The fraction of sp³-hybridized carbons (Fsp3) is 0.419. The predicted octanol–water partition coefficient (Wildman–Crippen LogP) is 4.52. The topological polar surface area (TPSA) is 77.1 Å². The van der Waals surface area contributed by atoms with E-state index in [4.69, 9.17) is 14.2 Å². The number of amides is 1. The molecule has 3 unspecified atom stereocenters. The fourth-order valence-electron chi connectivity index (χ4n) is 6.24. The number of hydrogen-bond acceptors (Lipinski definition) is 6. The molecule has 4 rings (SSSR count). The van der Waals surface area contributed by atoms with Crippen molar-refractivity contribution in [1.82, 2.24) is 10.2 Å². The Balaban J connectivity index is 1.60. The molecule has 1 heterocycles. The SMILES string of the molecule is C=CCN1CCC2(c3cccc(OC(C)=O)c3)CC(NC(=O)C=Cc3cccc(OC)c3)CCC2(OC)C1. The van der Waals surface area contributed by atoms with Crippen molar-refractivity contribution in [1.29, 1.82) is 0 Å². The van der Waals surface area contributed by atoms with Crippen LogP contribution in [0.2, 0.25) is 0 Å². The molecule has 1 N–H and O–H groups in total. The third-order valence-electron chi connectivity index (χ3n) is 7.99. The van der Waals surface area contributed by atoms with E-state index in [2.05, 4.69) is 22.9 Å². The van der Waals surface area contributed by atoms with Crippen LogP contribution < -0.4 is 14.8 Å². The maximum atomic E-state index is 13.0. The first-order valence-electron chi connectivity index (χ1n) is 13.1. The maximum Gasteiger partial charge on any atom is 0.308 e. The van der Waals surface area contributed by atoms with Gasteiger partial charge in [0.25, 0.3) is 0 Å². The molecule has 2 aliphatic rings. The average molecular weight is 519 g/mol. The van der Waals surface area contributed by atoms with Crippen LogP contribution in [0.4, 0.5) is 0 Å². The third kappa shape index (κ3) is 5.84. The van der Waals surface area contributed by atoms with Crippen molar-refractivity contribution in [3.05, 3.63) is 78.4 Å². The van der Waals surface area contributed by atoms with Gasteiger partial charge < -0.3 is 19.5 Å². The summed E-state index contributed by atoms with van der Waals surface area (Å²) in [6.07, 6.45) is 8.48. The number of piperidine rings is 1. The normalized spacial score (nSPS) is 25.4. The van der Waals surface area contributed by atoms with Crippen molar-refractivity contribution in [3.8, 4) is 11.5 Å². The van der Waals surface area contributed by atoms with Gasteiger partial charge in [-0.15, -0.1) is 6.58 Å². The van der Waals surface area contributed by atoms with E-state index in [-0.39, 0.29) is 23.3 Å². The van der Waals surface area contributed by atoms with Crippen molar-refractivity contribution in [2.45, 2.75) is 49.7 Å². The van der Waals surface area contributed by atoms with Gasteiger partial charge in [-0.25, -0.2) is 0 Å². The summed E-state index contributed by atoms with van der Waals surface area (Å²) < 4.78 is 17.1. The second kappa shape index (κ2) is 12.0.